The van der Waals surface area contributed by atoms with Crippen LogP contribution in [0.5, 0.6) is 0 Å². The lowest BCUT2D eigenvalue weighted by Crippen LogP contribution is -2.08. The SMILES string of the molecule is COC=Nc1cc(C)c(C(=O)OCc2ccccc2C)cc1C. The van der Waals surface area contributed by atoms with Crippen LogP contribution in [0, 0.1) is 20.8 Å². The van der Waals surface area contributed by atoms with Crippen LogP contribution in [0.15, 0.2) is 41.4 Å². The van der Waals surface area contributed by atoms with Crippen molar-refractivity contribution < 1.29 is 14.3 Å². The second-order valence-electron chi connectivity index (χ2n) is 5.43. The maximum absolute atomic E-state index is 12.3. The standard InChI is InChI=1S/C19H21NO3/c1-13-7-5-6-8-16(13)11-23-19(21)17-9-15(3)18(10-14(17)2)20-12-22-4/h5-10,12H,11H2,1-4H3. The van der Waals surface area contributed by atoms with E-state index in [0.29, 0.717) is 5.56 Å². The van der Waals surface area contributed by atoms with E-state index in [1.807, 2.05) is 51.1 Å². The molecule has 2 aromatic rings. The molecular weight excluding hydrogens is 290 g/mol. The van der Waals surface area contributed by atoms with Crippen LogP contribution in [0.2, 0.25) is 0 Å². The Hall–Kier alpha value is -2.62. The molecule has 0 aliphatic carbocycles. The topological polar surface area (TPSA) is 47.9 Å². The summed E-state index contributed by atoms with van der Waals surface area (Å²) in [5.74, 6) is -0.323. The van der Waals surface area contributed by atoms with Gasteiger partial charge in [0.25, 0.3) is 0 Å². The average molecular weight is 311 g/mol. The summed E-state index contributed by atoms with van der Waals surface area (Å²) >= 11 is 0. The monoisotopic (exact) mass is 311 g/mol. The van der Waals surface area contributed by atoms with Crippen molar-refractivity contribution in [2.75, 3.05) is 7.11 Å². The Balaban J connectivity index is 2.15. The van der Waals surface area contributed by atoms with Gasteiger partial charge in [0.1, 0.15) is 6.61 Å². The number of rotatable bonds is 5. The molecule has 2 rings (SSSR count). The number of ether oxygens (including phenoxy) is 2. The second kappa shape index (κ2) is 7.58. The number of aryl methyl sites for hydroxylation is 3. The highest BCUT2D eigenvalue weighted by Gasteiger charge is 2.13. The summed E-state index contributed by atoms with van der Waals surface area (Å²) in [7, 11) is 1.54. The smallest absolute Gasteiger partial charge is 0.338 e. The van der Waals surface area contributed by atoms with Crippen molar-refractivity contribution in [1.82, 2.24) is 0 Å². The Kier molecular flexibility index (Phi) is 5.52. The largest absolute Gasteiger partial charge is 0.486 e. The average Bonchev–Trinajstić information content (AvgIpc) is 2.54. The molecule has 2 aromatic carbocycles. The molecule has 0 heterocycles. The van der Waals surface area contributed by atoms with Crippen molar-refractivity contribution >= 4 is 18.1 Å². The lowest BCUT2D eigenvalue weighted by atomic mass is 10.0. The molecule has 0 radical (unpaired) electrons. The van der Waals surface area contributed by atoms with Gasteiger partial charge in [0.15, 0.2) is 6.40 Å². The maximum atomic E-state index is 12.3. The molecule has 0 amide bonds. The van der Waals surface area contributed by atoms with Gasteiger partial charge in [-0.25, -0.2) is 9.79 Å². The summed E-state index contributed by atoms with van der Waals surface area (Å²) in [4.78, 5) is 16.5. The van der Waals surface area contributed by atoms with Crippen molar-refractivity contribution in [2.24, 2.45) is 4.99 Å². The first-order chi connectivity index (χ1) is 11.0. The molecule has 0 spiro atoms. The number of benzene rings is 2. The van der Waals surface area contributed by atoms with E-state index >= 15 is 0 Å². The van der Waals surface area contributed by atoms with Gasteiger partial charge < -0.3 is 9.47 Å². The van der Waals surface area contributed by atoms with Gasteiger partial charge >= 0.3 is 5.97 Å². The minimum atomic E-state index is -0.323. The molecular formula is C19H21NO3. The Labute approximate surface area is 136 Å². The molecule has 0 saturated carbocycles. The van der Waals surface area contributed by atoms with Crippen molar-refractivity contribution in [3.05, 3.63) is 64.2 Å². The van der Waals surface area contributed by atoms with Gasteiger partial charge in [-0.1, -0.05) is 24.3 Å². The minimum absolute atomic E-state index is 0.271. The minimum Gasteiger partial charge on any atom is -0.486 e. The van der Waals surface area contributed by atoms with Gasteiger partial charge in [-0.05, 0) is 55.2 Å². The van der Waals surface area contributed by atoms with Gasteiger partial charge in [0.05, 0.1) is 18.4 Å². The Morgan fingerprint density at radius 1 is 1.09 bits per heavy atom. The molecule has 0 bridgehead atoms. The summed E-state index contributed by atoms with van der Waals surface area (Å²) in [5.41, 5.74) is 5.18. The van der Waals surface area contributed by atoms with Gasteiger partial charge in [-0.15, -0.1) is 0 Å². The number of hydrogen-bond donors (Lipinski definition) is 0. The lowest BCUT2D eigenvalue weighted by Gasteiger charge is -2.11. The third-order valence-corrected chi connectivity index (χ3v) is 3.68. The number of esters is 1. The highest BCUT2D eigenvalue weighted by molar-refractivity contribution is 5.92. The van der Waals surface area contributed by atoms with E-state index in [0.717, 1.165) is 27.9 Å². The van der Waals surface area contributed by atoms with Crippen molar-refractivity contribution in [3.63, 3.8) is 0 Å². The quantitative estimate of drug-likeness (QED) is 0.470. The van der Waals surface area contributed by atoms with Gasteiger partial charge in [-0.3, -0.25) is 0 Å². The molecule has 4 heteroatoms. The van der Waals surface area contributed by atoms with Gasteiger partial charge in [-0.2, -0.15) is 0 Å². The first-order valence-corrected chi connectivity index (χ1v) is 7.41. The summed E-state index contributed by atoms with van der Waals surface area (Å²) in [6.07, 6.45) is 1.37. The van der Waals surface area contributed by atoms with Crippen molar-refractivity contribution in [3.8, 4) is 0 Å². The lowest BCUT2D eigenvalue weighted by molar-refractivity contribution is 0.0471. The molecule has 23 heavy (non-hydrogen) atoms. The second-order valence-corrected chi connectivity index (χ2v) is 5.43. The number of carbonyl (C=O) groups is 1. The fraction of sp³-hybridized carbons (Fsp3) is 0.263. The van der Waals surface area contributed by atoms with E-state index in [9.17, 15) is 4.79 Å². The number of hydrogen-bond acceptors (Lipinski definition) is 4. The molecule has 0 aliphatic heterocycles. The van der Waals surface area contributed by atoms with Crippen LogP contribution in [0.25, 0.3) is 0 Å². The van der Waals surface area contributed by atoms with E-state index in [-0.39, 0.29) is 12.6 Å². The zero-order valence-corrected chi connectivity index (χ0v) is 13.9. The van der Waals surface area contributed by atoms with E-state index in [1.165, 1.54) is 6.40 Å². The Morgan fingerprint density at radius 2 is 1.83 bits per heavy atom. The number of methoxy groups -OCH3 is 1. The maximum Gasteiger partial charge on any atom is 0.338 e. The van der Waals surface area contributed by atoms with Gasteiger partial charge in [0, 0.05) is 0 Å². The predicted molar refractivity (Wildman–Crippen MR) is 91.4 cm³/mol. The molecule has 0 atom stereocenters. The van der Waals surface area contributed by atoms with Crippen LogP contribution in [-0.4, -0.2) is 19.5 Å². The molecule has 0 unspecified atom stereocenters. The Bertz CT molecular complexity index is 735. The number of nitrogens with zero attached hydrogens (tertiary/aromatic N) is 1. The molecule has 120 valence electrons. The molecule has 4 nitrogen and oxygen atoms in total. The number of carbonyl (C=O) groups excluding carboxylic acids is 1. The third-order valence-electron chi connectivity index (χ3n) is 3.68. The highest BCUT2D eigenvalue weighted by Crippen LogP contribution is 2.24. The first kappa shape index (κ1) is 16.7. The molecule has 0 fully saturated rings. The third kappa shape index (κ3) is 4.19. The van der Waals surface area contributed by atoms with Crippen LogP contribution in [-0.2, 0) is 16.1 Å². The normalized spacial score (nSPS) is 10.8. The van der Waals surface area contributed by atoms with Crippen LogP contribution in [0.4, 0.5) is 5.69 Å². The van der Waals surface area contributed by atoms with E-state index < -0.39 is 0 Å². The van der Waals surface area contributed by atoms with E-state index in [2.05, 4.69) is 4.99 Å². The molecule has 0 saturated heterocycles. The summed E-state index contributed by atoms with van der Waals surface area (Å²) in [6.45, 7) is 6.05. The van der Waals surface area contributed by atoms with Gasteiger partial charge in [0.2, 0.25) is 0 Å². The van der Waals surface area contributed by atoms with Crippen LogP contribution in [0.3, 0.4) is 0 Å². The summed E-state index contributed by atoms with van der Waals surface area (Å²) < 4.78 is 10.3. The van der Waals surface area contributed by atoms with E-state index in [1.54, 1.807) is 13.2 Å². The molecule has 0 N–H and O–H groups in total. The number of aliphatic imine (C=N–C) groups is 1. The van der Waals surface area contributed by atoms with E-state index in [4.69, 9.17) is 9.47 Å². The molecule has 0 aliphatic rings. The predicted octanol–water partition coefficient (Wildman–Crippen LogP) is 4.28. The van der Waals surface area contributed by atoms with Crippen molar-refractivity contribution in [2.45, 2.75) is 27.4 Å². The highest BCUT2D eigenvalue weighted by atomic mass is 16.5. The zero-order chi connectivity index (χ0) is 16.8. The summed E-state index contributed by atoms with van der Waals surface area (Å²) in [6, 6.07) is 11.5. The first-order valence-electron chi connectivity index (χ1n) is 7.41. The zero-order valence-electron chi connectivity index (χ0n) is 13.9. The van der Waals surface area contributed by atoms with Crippen LogP contribution >= 0.6 is 0 Å². The van der Waals surface area contributed by atoms with Crippen LogP contribution < -0.4 is 0 Å². The summed E-state index contributed by atoms with van der Waals surface area (Å²) in [5, 5.41) is 0. The fourth-order valence-electron chi connectivity index (χ4n) is 2.26. The Morgan fingerprint density at radius 3 is 2.52 bits per heavy atom. The van der Waals surface area contributed by atoms with Crippen molar-refractivity contribution in [1.29, 1.82) is 0 Å². The molecule has 0 aromatic heterocycles. The van der Waals surface area contributed by atoms with Crippen LogP contribution in [0.1, 0.15) is 32.6 Å². The fourth-order valence-corrected chi connectivity index (χ4v) is 2.26.